The molecule has 0 spiro atoms. The lowest BCUT2D eigenvalue weighted by Crippen LogP contribution is -2.48. The molecule has 206 valence electrons. The van der Waals surface area contributed by atoms with Crippen molar-refractivity contribution in [1.82, 2.24) is 9.47 Å². The minimum absolute atomic E-state index is 0.0129. The van der Waals surface area contributed by atoms with Crippen LogP contribution in [0.2, 0.25) is 0 Å². The number of carbonyl (C=O) groups excluding carboxylic acids is 2. The van der Waals surface area contributed by atoms with Gasteiger partial charge in [-0.15, -0.1) is 0 Å². The molecule has 39 heavy (non-hydrogen) atoms. The Bertz CT molecular complexity index is 1320. The molecule has 2 aliphatic rings. The molecule has 3 aromatic rings. The number of hydrogen-bond donors (Lipinski definition) is 0. The molecule has 1 unspecified atom stereocenters. The van der Waals surface area contributed by atoms with E-state index >= 15 is 0 Å². The third kappa shape index (κ3) is 5.27. The number of para-hydroxylation sites is 2. The lowest BCUT2D eigenvalue weighted by Gasteiger charge is -2.40. The summed E-state index contributed by atoms with van der Waals surface area (Å²) >= 11 is 0. The standard InChI is InChI=1S/C32H39N3O4/c1-22(2)34(30(36)18-15-23-10-5-6-11-23)21-31(37)35-27-13-8-7-12-26(27)33-19-9-14-28(33)32(35)25-20-24(38-3)16-17-29(25)39-4/h7-9,12-14,16-17,19-20,22-23,32H,5-6,10-11,15,18,21H2,1-4H3. The van der Waals surface area contributed by atoms with Crippen molar-refractivity contribution in [3.63, 3.8) is 0 Å². The van der Waals surface area contributed by atoms with Gasteiger partial charge in [0.1, 0.15) is 24.1 Å². The van der Waals surface area contributed by atoms with E-state index in [0.29, 0.717) is 23.8 Å². The second kappa shape index (κ2) is 11.6. The zero-order valence-corrected chi connectivity index (χ0v) is 23.4. The Balaban J connectivity index is 1.53. The van der Waals surface area contributed by atoms with Crippen molar-refractivity contribution < 1.29 is 19.1 Å². The van der Waals surface area contributed by atoms with Gasteiger partial charge in [0.15, 0.2) is 0 Å². The molecular formula is C32H39N3O4. The summed E-state index contributed by atoms with van der Waals surface area (Å²) in [5.41, 5.74) is 3.48. The summed E-state index contributed by atoms with van der Waals surface area (Å²) < 4.78 is 13.5. The molecule has 7 nitrogen and oxygen atoms in total. The number of anilines is 1. The second-order valence-electron chi connectivity index (χ2n) is 10.9. The Labute approximate surface area is 231 Å². The number of ether oxygens (including phenoxy) is 2. The van der Waals surface area contributed by atoms with Crippen LogP contribution in [0.1, 0.15) is 69.7 Å². The number of hydrogen-bond acceptors (Lipinski definition) is 4. The molecule has 1 aliphatic carbocycles. The van der Waals surface area contributed by atoms with Gasteiger partial charge in [0.25, 0.3) is 0 Å². The predicted octanol–water partition coefficient (Wildman–Crippen LogP) is 6.14. The van der Waals surface area contributed by atoms with E-state index in [9.17, 15) is 9.59 Å². The molecule has 1 atom stereocenters. The van der Waals surface area contributed by atoms with Crippen molar-refractivity contribution in [2.45, 2.75) is 64.5 Å². The van der Waals surface area contributed by atoms with Crippen LogP contribution in [0.15, 0.2) is 60.8 Å². The minimum atomic E-state index is -0.463. The third-order valence-electron chi connectivity index (χ3n) is 8.21. The average Bonchev–Trinajstić information content (AvgIpc) is 3.66. The van der Waals surface area contributed by atoms with Crippen LogP contribution in [0, 0.1) is 5.92 Å². The van der Waals surface area contributed by atoms with Crippen molar-refractivity contribution in [2.75, 3.05) is 25.7 Å². The second-order valence-corrected chi connectivity index (χ2v) is 10.9. The fourth-order valence-electron chi connectivity index (χ4n) is 6.16. The van der Waals surface area contributed by atoms with Crippen LogP contribution in [0.5, 0.6) is 11.5 Å². The molecule has 5 rings (SSSR count). The average molecular weight is 530 g/mol. The topological polar surface area (TPSA) is 64.0 Å². The smallest absolute Gasteiger partial charge is 0.247 e. The van der Waals surface area contributed by atoms with E-state index in [2.05, 4.69) is 4.57 Å². The van der Waals surface area contributed by atoms with Crippen molar-refractivity contribution in [2.24, 2.45) is 5.92 Å². The molecule has 0 N–H and O–H groups in total. The van der Waals surface area contributed by atoms with Gasteiger partial charge in [-0.2, -0.15) is 0 Å². The molecule has 1 aromatic heterocycles. The number of carbonyl (C=O) groups is 2. The highest BCUT2D eigenvalue weighted by molar-refractivity contribution is 6.00. The van der Waals surface area contributed by atoms with Crippen LogP contribution in [-0.2, 0) is 9.59 Å². The van der Waals surface area contributed by atoms with Gasteiger partial charge in [-0.05, 0) is 68.7 Å². The maximum Gasteiger partial charge on any atom is 0.247 e. The number of amides is 2. The van der Waals surface area contributed by atoms with E-state index in [1.165, 1.54) is 25.7 Å². The van der Waals surface area contributed by atoms with E-state index in [-0.39, 0.29) is 24.4 Å². The van der Waals surface area contributed by atoms with Crippen LogP contribution in [0.25, 0.3) is 5.69 Å². The third-order valence-corrected chi connectivity index (χ3v) is 8.21. The molecular weight excluding hydrogens is 490 g/mol. The van der Waals surface area contributed by atoms with Gasteiger partial charge in [-0.1, -0.05) is 37.8 Å². The van der Waals surface area contributed by atoms with Gasteiger partial charge in [-0.3, -0.25) is 14.5 Å². The fourth-order valence-corrected chi connectivity index (χ4v) is 6.16. The zero-order chi connectivity index (χ0) is 27.5. The Morgan fingerprint density at radius 2 is 1.72 bits per heavy atom. The van der Waals surface area contributed by atoms with Gasteiger partial charge in [-0.25, -0.2) is 0 Å². The fraction of sp³-hybridized carbons (Fsp3) is 0.438. The summed E-state index contributed by atoms with van der Waals surface area (Å²) in [5.74, 6) is 1.90. The van der Waals surface area contributed by atoms with E-state index in [1.807, 2.05) is 79.5 Å². The number of fused-ring (bicyclic) bond motifs is 3. The van der Waals surface area contributed by atoms with Crippen molar-refractivity contribution >= 4 is 17.5 Å². The summed E-state index contributed by atoms with van der Waals surface area (Å²) in [6.45, 7) is 3.98. The summed E-state index contributed by atoms with van der Waals surface area (Å²) in [5, 5.41) is 0. The largest absolute Gasteiger partial charge is 0.497 e. The Morgan fingerprint density at radius 1 is 0.974 bits per heavy atom. The minimum Gasteiger partial charge on any atom is -0.497 e. The normalized spacial score (nSPS) is 16.6. The summed E-state index contributed by atoms with van der Waals surface area (Å²) in [4.78, 5) is 31.4. The monoisotopic (exact) mass is 529 g/mol. The molecule has 0 bridgehead atoms. The van der Waals surface area contributed by atoms with E-state index in [0.717, 1.165) is 29.1 Å². The van der Waals surface area contributed by atoms with Crippen LogP contribution in [0.3, 0.4) is 0 Å². The maximum absolute atomic E-state index is 14.4. The molecule has 7 heteroatoms. The highest BCUT2D eigenvalue weighted by Gasteiger charge is 2.39. The molecule has 1 saturated carbocycles. The SMILES string of the molecule is COc1ccc(OC)c(C2c3cccn3-c3ccccc3N2C(=O)CN(C(=O)CCC2CCCC2)C(C)C)c1. The first-order valence-electron chi connectivity index (χ1n) is 14.0. The quantitative estimate of drug-likeness (QED) is 0.334. The van der Waals surface area contributed by atoms with Crippen molar-refractivity contribution in [1.29, 1.82) is 0 Å². The van der Waals surface area contributed by atoms with E-state index in [4.69, 9.17) is 9.47 Å². The zero-order valence-electron chi connectivity index (χ0n) is 23.4. The molecule has 2 aromatic carbocycles. The number of benzene rings is 2. The Hall–Kier alpha value is -3.74. The van der Waals surface area contributed by atoms with Crippen LogP contribution < -0.4 is 14.4 Å². The molecule has 2 heterocycles. The first-order valence-corrected chi connectivity index (χ1v) is 14.0. The first-order chi connectivity index (χ1) is 18.9. The molecule has 1 fully saturated rings. The van der Waals surface area contributed by atoms with Gasteiger partial charge >= 0.3 is 0 Å². The first kappa shape index (κ1) is 26.9. The molecule has 0 radical (unpaired) electrons. The molecule has 2 amide bonds. The summed E-state index contributed by atoms with van der Waals surface area (Å²) in [6.07, 6.45) is 8.35. The number of methoxy groups -OCH3 is 2. The van der Waals surface area contributed by atoms with Gasteiger partial charge in [0, 0.05) is 24.2 Å². The Kier molecular flexibility index (Phi) is 7.96. The lowest BCUT2D eigenvalue weighted by atomic mass is 9.96. The van der Waals surface area contributed by atoms with Crippen molar-refractivity contribution in [3.8, 4) is 17.2 Å². The highest BCUT2D eigenvalue weighted by Crippen LogP contribution is 2.45. The molecule has 0 saturated heterocycles. The molecule has 1 aliphatic heterocycles. The lowest BCUT2D eigenvalue weighted by molar-refractivity contribution is -0.137. The Morgan fingerprint density at radius 3 is 2.41 bits per heavy atom. The van der Waals surface area contributed by atoms with E-state index in [1.54, 1.807) is 19.1 Å². The van der Waals surface area contributed by atoms with E-state index < -0.39 is 6.04 Å². The van der Waals surface area contributed by atoms with Crippen LogP contribution >= 0.6 is 0 Å². The van der Waals surface area contributed by atoms with Gasteiger partial charge in [0.05, 0.1) is 31.3 Å². The number of nitrogens with zero attached hydrogens (tertiary/aromatic N) is 3. The predicted molar refractivity (Wildman–Crippen MR) is 153 cm³/mol. The van der Waals surface area contributed by atoms with Crippen molar-refractivity contribution in [3.05, 3.63) is 72.1 Å². The highest BCUT2D eigenvalue weighted by atomic mass is 16.5. The number of rotatable bonds is 9. The summed E-state index contributed by atoms with van der Waals surface area (Å²) in [6, 6.07) is 17.1. The van der Waals surface area contributed by atoms with Gasteiger partial charge in [0.2, 0.25) is 11.8 Å². The van der Waals surface area contributed by atoms with Crippen LogP contribution in [0.4, 0.5) is 5.69 Å². The van der Waals surface area contributed by atoms with Crippen LogP contribution in [-0.4, -0.2) is 48.1 Å². The number of aromatic nitrogens is 1. The summed E-state index contributed by atoms with van der Waals surface area (Å²) in [7, 11) is 3.27. The van der Waals surface area contributed by atoms with Gasteiger partial charge < -0.3 is 18.9 Å². The maximum atomic E-state index is 14.4.